The van der Waals surface area contributed by atoms with E-state index in [0.29, 0.717) is 23.4 Å². The van der Waals surface area contributed by atoms with Crippen LogP contribution in [0.2, 0.25) is 0 Å². The second-order valence-corrected chi connectivity index (χ2v) is 11.2. The van der Waals surface area contributed by atoms with Gasteiger partial charge in [-0.2, -0.15) is 0 Å². The topological polar surface area (TPSA) is 64.7 Å². The van der Waals surface area contributed by atoms with Crippen LogP contribution in [0.4, 0.5) is 0 Å². The molecule has 0 saturated carbocycles. The molecule has 0 unspecified atom stereocenters. The highest BCUT2D eigenvalue weighted by Crippen LogP contribution is 2.34. The minimum absolute atomic E-state index is 0.595. The predicted octanol–water partition coefficient (Wildman–Crippen LogP) is 10.1. The van der Waals surface area contributed by atoms with Gasteiger partial charge in [0.05, 0.1) is 0 Å². The van der Waals surface area contributed by atoms with E-state index < -0.39 is 0 Å². The Kier molecular flexibility index (Phi) is 5.74. The lowest BCUT2D eigenvalue weighted by atomic mass is 10.0. The molecule has 45 heavy (non-hydrogen) atoms. The van der Waals surface area contributed by atoms with Crippen molar-refractivity contribution in [1.82, 2.24) is 19.9 Å². The molecule has 2 heterocycles. The van der Waals surface area contributed by atoms with Crippen molar-refractivity contribution in [2.45, 2.75) is 0 Å². The normalized spacial score (nSPS) is 11.6. The first-order valence-electron chi connectivity index (χ1n) is 14.9. The van der Waals surface area contributed by atoms with E-state index in [4.69, 9.17) is 24.4 Å². The number of hydrogen-bond acceptors (Lipinski definition) is 5. The van der Waals surface area contributed by atoms with Crippen LogP contribution in [-0.2, 0) is 0 Å². The fourth-order valence-corrected chi connectivity index (χ4v) is 5.97. The third-order valence-corrected chi connectivity index (χ3v) is 8.30. The van der Waals surface area contributed by atoms with Crippen LogP contribution in [0.5, 0.6) is 0 Å². The second-order valence-electron chi connectivity index (χ2n) is 11.2. The molecule has 9 rings (SSSR count). The van der Waals surface area contributed by atoms with Crippen molar-refractivity contribution in [3.63, 3.8) is 0 Å². The summed E-state index contributed by atoms with van der Waals surface area (Å²) in [6, 6.07) is 49.6. The molecule has 0 N–H and O–H groups in total. The number of hydrogen-bond donors (Lipinski definition) is 0. The highest BCUT2D eigenvalue weighted by atomic mass is 16.3. The van der Waals surface area contributed by atoms with Gasteiger partial charge in [-0.05, 0) is 63.3 Å². The minimum atomic E-state index is 0.595. The molecular formula is C40H24N4O. The van der Waals surface area contributed by atoms with Gasteiger partial charge >= 0.3 is 0 Å². The lowest BCUT2D eigenvalue weighted by Gasteiger charge is -2.10. The van der Waals surface area contributed by atoms with Crippen LogP contribution in [0.15, 0.2) is 150 Å². The highest BCUT2D eigenvalue weighted by molar-refractivity contribution is 6.05. The lowest BCUT2D eigenvalue weighted by Crippen LogP contribution is -2.00. The Hall–Kier alpha value is -6.20. The molecule has 0 aliphatic carbocycles. The van der Waals surface area contributed by atoms with Gasteiger partial charge in [0.25, 0.3) is 0 Å². The maximum Gasteiger partial charge on any atom is 0.227 e. The Morgan fingerprint density at radius 3 is 1.44 bits per heavy atom. The molecule has 0 bridgehead atoms. The van der Waals surface area contributed by atoms with Gasteiger partial charge in [-0.3, -0.25) is 0 Å². The fourth-order valence-electron chi connectivity index (χ4n) is 5.97. The number of nitrogens with zero attached hydrogens (tertiary/aromatic N) is 4. The molecule has 5 nitrogen and oxygen atoms in total. The Morgan fingerprint density at radius 1 is 0.356 bits per heavy atom. The largest absolute Gasteiger partial charge is 0.435 e. The van der Waals surface area contributed by atoms with Gasteiger partial charge in [0.1, 0.15) is 5.52 Å². The van der Waals surface area contributed by atoms with Crippen LogP contribution in [0, 0.1) is 0 Å². The van der Waals surface area contributed by atoms with Gasteiger partial charge in [-0.25, -0.2) is 19.9 Å². The quantitative estimate of drug-likeness (QED) is 0.209. The van der Waals surface area contributed by atoms with Gasteiger partial charge < -0.3 is 4.42 Å². The minimum Gasteiger partial charge on any atom is -0.435 e. The number of rotatable bonds is 4. The van der Waals surface area contributed by atoms with Crippen molar-refractivity contribution in [2.75, 3.05) is 0 Å². The summed E-state index contributed by atoms with van der Waals surface area (Å²) < 4.78 is 6.36. The predicted molar refractivity (Wildman–Crippen MR) is 182 cm³/mol. The van der Waals surface area contributed by atoms with Gasteiger partial charge in [-0.1, -0.05) is 109 Å². The standard InChI is InChI=1S/C40H24N4O/c1-2-10-28(11-3-1)40-41-35-21-20-27-16-19-33(24-34(27)36(35)45-40)39-43-37(31-17-14-25-8-4-6-12-29(25)22-31)42-38(44-39)32-18-15-26-9-5-7-13-30(26)23-32/h1-24H. The van der Waals surface area contributed by atoms with Crippen LogP contribution in [-0.4, -0.2) is 19.9 Å². The van der Waals surface area contributed by atoms with Gasteiger partial charge in [-0.15, -0.1) is 0 Å². The van der Waals surface area contributed by atoms with E-state index in [1.807, 2.05) is 48.5 Å². The molecule has 0 radical (unpaired) electrons. The molecule has 0 fully saturated rings. The van der Waals surface area contributed by atoms with Crippen LogP contribution in [0.25, 0.3) is 89.0 Å². The van der Waals surface area contributed by atoms with E-state index >= 15 is 0 Å². The summed E-state index contributed by atoms with van der Waals surface area (Å²) in [5.41, 5.74) is 5.24. The molecule has 0 aliphatic heterocycles. The fraction of sp³-hybridized carbons (Fsp3) is 0. The molecule has 5 heteroatoms. The molecule has 0 spiro atoms. The summed E-state index contributed by atoms with van der Waals surface area (Å²) >= 11 is 0. The third kappa shape index (κ3) is 4.50. The summed E-state index contributed by atoms with van der Waals surface area (Å²) in [4.78, 5) is 19.9. The van der Waals surface area contributed by atoms with Crippen LogP contribution >= 0.6 is 0 Å². The van der Waals surface area contributed by atoms with E-state index in [2.05, 4.69) is 97.1 Å². The molecule has 0 saturated heterocycles. The van der Waals surface area contributed by atoms with Crippen LogP contribution in [0.1, 0.15) is 0 Å². The Labute approximate surface area is 258 Å². The molecule has 2 aromatic heterocycles. The first-order valence-corrected chi connectivity index (χ1v) is 14.9. The first-order chi connectivity index (χ1) is 22.2. The zero-order chi connectivity index (χ0) is 29.7. The lowest BCUT2D eigenvalue weighted by molar-refractivity contribution is 0.623. The van der Waals surface area contributed by atoms with Crippen LogP contribution in [0.3, 0.4) is 0 Å². The number of oxazole rings is 1. The number of benzene rings is 7. The summed E-state index contributed by atoms with van der Waals surface area (Å²) in [6.07, 6.45) is 0. The Morgan fingerprint density at radius 2 is 0.844 bits per heavy atom. The summed E-state index contributed by atoms with van der Waals surface area (Å²) in [6.45, 7) is 0. The molecule has 0 amide bonds. The SMILES string of the molecule is c1ccc(-c2nc3ccc4ccc(-c5nc(-c6ccc7ccccc7c6)nc(-c6ccc7ccccc7c6)n5)cc4c3o2)cc1. The summed E-state index contributed by atoms with van der Waals surface area (Å²) in [7, 11) is 0. The van der Waals surface area contributed by atoms with Gasteiger partial charge in [0.15, 0.2) is 23.1 Å². The average Bonchev–Trinajstić information content (AvgIpc) is 3.56. The zero-order valence-electron chi connectivity index (χ0n) is 24.1. The van der Waals surface area contributed by atoms with E-state index in [1.54, 1.807) is 0 Å². The van der Waals surface area contributed by atoms with E-state index in [0.717, 1.165) is 54.9 Å². The van der Waals surface area contributed by atoms with Crippen LogP contribution < -0.4 is 0 Å². The van der Waals surface area contributed by atoms with E-state index in [-0.39, 0.29) is 0 Å². The smallest absolute Gasteiger partial charge is 0.227 e. The zero-order valence-corrected chi connectivity index (χ0v) is 24.1. The Bertz CT molecular complexity index is 2460. The summed E-state index contributed by atoms with van der Waals surface area (Å²) in [5, 5.41) is 6.63. The first kappa shape index (κ1) is 25.3. The van der Waals surface area contributed by atoms with Crippen molar-refractivity contribution >= 4 is 43.4 Å². The molecule has 9 aromatic rings. The molecule has 7 aromatic carbocycles. The van der Waals surface area contributed by atoms with Crippen molar-refractivity contribution in [2.24, 2.45) is 0 Å². The number of aromatic nitrogens is 4. The molecular weight excluding hydrogens is 552 g/mol. The molecule has 210 valence electrons. The summed E-state index contributed by atoms with van der Waals surface area (Å²) in [5.74, 6) is 2.44. The number of fused-ring (bicyclic) bond motifs is 5. The second kappa shape index (κ2) is 10.2. The Balaban J connectivity index is 1.24. The maximum atomic E-state index is 6.36. The monoisotopic (exact) mass is 576 g/mol. The molecule has 0 aliphatic rings. The third-order valence-electron chi connectivity index (χ3n) is 8.30. The van der Waals surface area contributed by atoms with Crippen molar-refractivity contribution in [1.29, 1.82) is 0 Å². The van der Waals surface area contributed by atoms with Crippen molar-refractivity contribution in [3.8, 4) is 45.6 Å². The van der Waals surface area contributed by atoms with Gasteiger partial charge in [0, 0.05) is 27.6 Å². The van der Waals surface area contributed by atoms with Crippen molar-refractivity contribution in [3.05, 3.63) is 146 Å². The molecule has 0 atom stereocenters. The van der Waals surface area contributed by atoms with E-state index in [9.17, 15) is 0 Å². The van der Waals surface area contributed by atoms with E-state index in [1.165, 1.54) is 10.8 Å². The maximum absolute atomic E-state index is 6.36. The van der Waals surface area contributed by atoms with Crippen molar-refractivity contribution < 1.29 is 4.42 Å². The average molecular weight is 577 g/mol. The highest BCUT2D eigenvalue weighted by Gasteiger charge is 2.16. The van der Waals surface area contributed by atoms with Gasteiger partial charge in [0.2, 0.25) is 5.89 Å².